The average molecular weight is 504 g/mol. The second-order valence-electron chi connectivity index (χ2n) is 9.06. The number of nitrogens with one attached hydrogen (secondary N) is 1. The maximum Gasteiger partial charge on any atom is 0.334 e. The van der Waals surface area contributed by atoms with Gasteiger partial charge in [0.15, 0.2) is 0 Å². The van der Waals surface area contributed by atoms with E-state index in [0.29, 0.717) is 17.9 Å². The Morgan fingerprint density at radius 3 is 2.49 bits per heavy atom. The van der Waals surface area contributed by atoms with E-state index in [2.05, 4.69) is 5.32 Å². The fourth-order valence-electron chi connectivity index (χ4n) is 4.89. The third kappa shape index (κ3) is 4.88. The fraction of sp³-hybridized carbons (Fsp3) is 0.296. The van der Waals surface area contributed by atoms with E-state index in [-0.39, 0.29) is 37.5 Å². The molecular formula is C27H29N5O5. The van der Waals surface area contributed by atoms with Crippen molar-refractivity contribution in [3.8, 4) is 5.75 Å². The highest BCUT2D eigenvalue weighted by Gasteiger charge is 2.51. The van der Waals surface area contributed by atoms with Gasteiger partial charge in [-0.15, -0.1) is 0 Å². The Bertz CT molecular complexity index is 1250. The average Bonchev–Trinajstić information content (AvgIpc) is 3.42. The Balaban J connectivity index is 1.44. The van der Waals surface area contributed by atoms with Crippen LogP contribution in [0.15, 0.2) is 77.4 Å². The molecule has 3 aromatic rings. The van der Waals surface area contributed by atoms with Crippen LogP contribution in [0.5, 0.6) is 5.75 Å². The number of carbonyl (C=O) groups excluding carboxylic acids is 3. The molecule has 2 aliphatic rings. The van der Waals surface area contributed by atoms with Gasteiger partial charge in [0.2, 0.25) is 5.91 Å². The number of benzene rings is 2. The zero-order valence-electron chi connectivity index (χ0n) is 20.7. The summed E-state index contributed by atoms with van der Waals surface area (Å²) in [6, 6.07) is 19.0. The number of hydrogen-bond acceptors (Lipinski definition) is 6. The Hall–Kier alpha value is -4.31. The third-order valence-electron chi connectivity index (χ3n) is 6.68. The second-order valence-corrected chi connectivity index (χ2v) is 9.06. The van der Waals surface area contributed by atoms with E-state index in [1.54, 1.807) is 47.4 Å². The normalized spacial score (nSPS) is 20.1. The van der Waals surface area contributed by atoms with E-state index in [4.69, 9.17) is 9.15 Å². The summed E-state index contributed by atoms with van der Waals surface area (Å²) in [6.07, 6.45) is 0.863. The van der Waals surface area contributed by atoms with E-state index in [0.717, 1.165) is 11.3 Å². The van der Waals surface area contributed by atoms with Crippen LogP contribution in [0.2, 0.25) is 0 Å². The molecule has 1 N–H and O–H groups in total. The van der Waals surface area contributed by atoms with Crippen molar-refractivity contribution in [2.45, 2.75) is 25.3 Å². The topological polar surface area (TPSA) is 98.6 Å². The number of fused-ring (bicyclic) bond motifs is 1. The van der Waals surface area contributed by atoms with Crippen molar-refractivity contribution in [3.05, 3.63) is 89.9 Å². The lowest BCUT2D eigenvalue weighted by molar-refractivity contribution is -0.188. The molecule has 3 heterocycles. The van der Waals surface area contributed by atoms with Gasteiger partial charge < -0.3 is 24.3 Å². The highest BCUT2D eigenvalue weighted by atomic mass is 16.5. The molecule has 5 rings (SSSR count). The summed E-state index contributed by atoms with van der Waals surface area (Å²) in [6.45, 7) is 0.653. The van der Waals surface area contributed by atoms with Gasteiger partial charge >= 0.3 is 6.03 Å². The molecule has 2 fully saturated rings. The first-order valence-electron chi connectivity index (χ1n) is 12.0. The molecule has 2 atom stereocenters. The molecule has 10 nitrogen and oxygen atoms in total. The van der Waals surface area contributed by atoms with Crippen LogP contribution in [0.3, 0.4) is 0 Å². The van der Waals surface area contributed by atoms with E-state index >= 15 is 0 Å². The van der Waals surface area contributed by atoms with Crippen LogP contribution >= 0.6 is 0 Å². The number of carbonyl (C=O) groups is 3. The molecule has 0 radical (unpaired) electrons. The molecule has 0 aliphatic carbocycles. The van der Waals surface area contributed by atoms with Crippen LogP contribution in [-0.2, 0) is 22.7 Å². The molecule has 2 aromatic carbocycles. The monoisotopic (exact) mass is 503 g/mol. The van der Waals surface area contributed by atoms with Gasteiger partial charge in [0.25, 0.3) is 5.91 Å². The summed E-state index contributed by atoms with van der Waals surface area (Å²) in [4.78, 5) is 43.7. The van der Waals surface area contributed by atoms with Crippen LogP contribution in [0.1, 0.15) is 22.9 Å². The molecule has 10 heteroatoms. The molecule has 1 aromatic heterocycles. The Morgan fingerprint density at radius 1 is 1.05 bits per heavy atom. The molecule has 2 unspecified atom stereocenters. The molecule has 2 saturated heterocycles. The number of nitrogens with zero attached hydrogens (tertiary/aromatic N) is 4. The number of rotatable bonds is 6. The molecule has 0 spiro atoms. The molecule has 192 valence electrons. The van der Waals surface area contributed by atoms with Crippen molar-refractivity contribution in [1.82, 2.24) is 25.1 Å². The van der Waals surface area contributed by atoms with Gasteiger partial charge in [0.1, 0.15) is 23.7 Å². The number of hydrazine groups is 1. The SMILES string of the molecule is COc1ccc(CNC(=O)N2C3CN(Cc4ccco4)C(=O)C(c4ccccc4)N3C(=O)CN2C)cc1. The largest absolute Gasteiger partial charge is 0.497 e. The van der Waals surface area contributed by atoms with Crippen molar-refractivity contribution < 1.29 is 23.5 Å². The Kier molecular flexibility index (Phi) is 6.82. The first kappa shape index (κ1) is 24.4. The zero-order valence-corrected chi connectivity index (χ0v) is 20.7. The van der Waals surface area contributed by atoms with Crippen molar-refractivity contribution in [2.75, 3.05) is 27.2 Å². The third-order valence-corrected chi connectivity index (χ3v) is 6.68. The summed E-state index contributed by atoms with van der Waals surface area (Å²) >= 11 is 0. The summed E-state index contributed by atoms with van der Waals surface area (Å²) in [5.41, 5.74) is 1.60. The van der Waals surface area contributed by atoms with Crippen LogP contribution in [0.25, 0.3) is 0 Å². The maximum atomic E-state index is 13.7. The van der Waals surface area contributed by atoms with Gasteiger partial charge in [-0.3, -0.25) is 9.59 Å². The summed E-state index contributed by atoms with van der Waals surface area (Å²) in [7, 11) is 3.30. The molecule has 2 aliphatic heterocycles. The van der Waals surface area contributed by atoms with E-state index < -0.39 is 12.2 Å². The molecule has 0 bridgehead atoms. The van der Waals surface area contributed by atoms with Crippen molar-refractivity contribution in [3.63, 3.8) is 0 Å². The molecule has 37 heavy (non-hydrogen) atoms. The van der Waals surface area contributed by atoms with Crippen LogP contribution in [-0.4, -0.2) is 71.1 Å². The van der Waals surface area contributed by atoms with Gasteiger partial charge in [0.05, 0.1) is 33.0 Å². The lowest BCUT2D eigenvalue weighted by Gasteiger charge is -2.54. The number of ether oxygens (including phenoxy) is 1. The number of piperazine rings is 1. The minimum atomic E-state index is -0.854. The van der Waals surface area contributed by atoms with Crippen molar-refractivity contribution >= 4 is 17.8 Å². The number of methoxy groups -OCH3 is 1. The molecular weight excluding hydrogens is 474 g/mol. The van der Waals surface area contributed by atoms with Crippen LogP contribution < -0.4 is 10.1 Å². The minimum absolute atomic E-state index is 0.0265. The van der Waals surface area contributed by atoms with Crippen LogP contribution in [0, 0.1) is 0 Å². The van der Waals surface area contributed by atoms with Gasteiger partial charge in [0, 0.05) is 13.6 Å². The summed E-state index contributed by atoms with van der Waals surface area (Å²) < 4.78 is 10.7. The lowest BCUT2D eigenvalue weighted by Crippen LogP contribution is -2.73. The number of hydrogen-bond donors (Lipinski definition) is 1. The quantitative estimate of drug-likeness (QED) is 0.555. The van der Waals surface area contributed by atoms with Gasteiger partial charge in [-0.1, -0.05) is 42.5 Å². The summed E-state index contributed by atoms with van der Waals surface area (Å²) in [5.74, 6) is 0.928. The lowest BCUT2D eigenvalue weighted by atomic mass is 9.98. The Labute approximate surface area is 215 Å². The van der Waals surface area contributed by atoms with Crippen molar-refractivity contribution in [1.29, 1.82) is 0 Å². The van der Waals surface area contributed by atoms with E-state index in [1.165, 1.54) is 5.01 Å². The zero-order chi connectivity index (χ0) is 25.9. The first-order chi connectivity index (χ1) is 18.0. The standard InChI is InChI=1S/C27H29N5O5/c1-29-18-24(33)31-23(32(29)27(35)28-15-19-10-12-21(36-2)13-11-19)17-30(16-22-9-6-14-37-22)26(34)25(31)20-7-4-3-5-8-20/h3-14,23,25H,15-18H2,1-2H3,(H,28,35). The second kappa shape index (κ2) is 10.4. The highest BCUT2D eigenvalue weighted by Crippen LogP contribution is 2.35. The first-order valence-corrected chi connectivity index (χ1v) is 12.0. The molecule has 0 saturated carbocycles. The number of urea groups is 1. The minimum Gasteiger partial charge on any atom is -0.497 e. The fourth-order valence-corrected chi connectivity index (χ4v) is 4.89. The highest BCUT2D eigenvalue weighted by molar-refractivity contribution is 5.92. The van der Waals surface area contributed by atoms with Gasteiger partial charge in [-0.05, 0) is 35.4 Å². The van der Waals surface area contributed by atoms with E-state index in [9.17, 15) is 14.4 Å². The smallest absolute Gasteiger partial charge is 0.334 e. The van der Waals surface area contributed by atoms with Gasteiger partial charge in [-0.25, -0.2) is 14.8 Å². The number of amides is 4. The van der Waals surface area contributed by atoms with Crippen LogP contribution in [0.4, 0.5) is 4.79 Å². The predicted octanol–water partition coefficient (Wildman–Crippen LogP) is 2.60. The maximum absolute atomic E-state index is 13.7. The van der Waals surface area contributed by atoms with Crippen molar-refractivity contribution in [2.24, 2.45) is 0 Å². The van der Waals surface area contributed by atoms with Gasteiger partial charge in [-0.2, -0.15) is 0 Å². The number of furan rings is 1. The Morgan fingerprint density at radius 2 is 1.81 bits per heavy atom. The summed E-state index contributed by atoms with van der Waals surface area (Å²) in [5, 5.41) is 6.09. The molecule has 4 amide bonds. The number of likely N-dealkylation sites (N-methyl/N-ethyl adjacent to an activating group) is 1. The van der Waals surface area contributed by atoms with E-state index in [1.807, 2.05) is 54.6 Å². The predicted molar refractivity (Wildman–Crippen MR) is 134 cm³/mol.